The third-order valence-corrected chi connectivity index (χ3v) is 4.07. The van der Waals surface area contributed by atoms with Gasteiger partial charge in [-0.3, -0.25) is 0 Å². The summed E-state index contributed by atoms with van der Waals surface area (Å²) in [5.74, 6) is 1.79. The van der Waals surface area contributed by atoms with Crippen LogP contribution in [0.15, 0.2) is 12.5 Å². The maximum Gasteiger partial charge on any atom is 0.0948 e. The first-order valence-corrected chi connectivity index (χ1v) is 6.58. The quantitative estimate of drug-likeness (QED) is 0.842. The van der Waals surface area contributed by atoms with E-state index in [-0.39, 0.29) is 0 Å². The molecule has 3 heteroatoms. The molecule has 2 atom stereocenters. The summed E-state index contributed by atoms with van der Waals surface area (Å²) in [5, 5.41) is 3.56. The molecular formula is C13H21N3. The second-order valence-corrected chi connectivity index (χ2v) is 5.43. The Labute approximate surface area is 97.3 Å². The van der Waals surface area contributed by atoms with Crippen LogP contribution in [0, 0.1) is 11.8 Å². The molecule has 1 aromatic heterocycles. The first-order valence-electron chi connectivity index (χ1n) is 6.58. The summed E-state index contributed by atoms with van der Waals surface area (Å²) < 4.78 is 2.37. The Morgan fingerprint density at radius 3 is 3.06 bits per heavy atom. The molecule has 1 aliphatic carbocycles. The topological polar surface area (TPSA) is 29.9 Å². The number of aromatic nitrogens is 2. The van der Waals surface area contributed by atoms with E-state index < -0.39 is 0 Å². The van der Waals surface area contributed by atoms with E-state index in [2.05, 4.69) is 21.8 Å². The standard InChI is InChI=1S/C13H21N3/c1-10(11-4-5-11)8-16-9-14-7-13(16)12-3-2-6-15-12/h7,9-12,15H,2-6,8H2,1H3/t10?,12-/m0/s1. The molecule has 1 N–H and O–H groups in total. The molecule has 0 spiro atoms. The summed E-state index contributed by atoms with van der Waals surface area (Å²) in [5.41, 5.74) is 1.39. The third kappa shape index (κ3) is 2.01. The highest BCUT2D eigenvalue weighted by Gasteiger charge is 2.29. The summed E-state index contributed by atoms with van der Waals surface area (Å²) in [6.07, 6.45) is 9.49. The lowest BCUT2D eigenvalue weighted by atomic mass is 10.1. The molecule has 2 fully saturated rings. The Bertz CT molecular complexity index is 348. The van der Waals surface area contributed by atoms with Gasteiger partial charge in [0, 0.05) is 18.8 Å². The molecule has 1 saturated carbocycles. The molecule has 1 aliphatic heterocycles. The fourth-order valence-electron chi connectivity index (χ4n) is 2.84. The van der Waals surface area contributed by atoms with Crippen LogP contribution in [0.5, 0.6) is 0 Å². The Kier molecular flexibility index (Phi) is 2.72. The number of imidazole rings is 1. The molecule has 16 heavy (non-hydrogen) atoms. The second kappa shape index (κ2) is 4.21. The van der Waals surface area contributed by atoms with Gasteiger partial charge in [0.15, 0.2) is 0 Å². The first kappa shape index (κ1) is 10.3. The van der Waals surface area contributed by atoms with Crippen LogP contribution in [0.2, 0.25) is 0 Å². The number of hydrogen-bond donors (Lipinski definition) is 1. The van der Waals surface area contributed by atoms with E-state index in [9.17, 15) is 0 Å². The van der Waals surface area contributed by atoms with E-state index in [0.717, 1.165) is 24.9 Å². The van der Waals surface area contributed by atoms with Crippen molar-refractivity contribution in [3.63, 3.8) is 0 Å². The minimum Gasteiger partial charge on any atom is -0.333 e. The largest absolute Gasteiger partial charge is 0.333 e. The maximum absolute atomic E-state index is 4.32. The highest BCUT2D eigenvalue weighted by atomic mass is 15.1. The summed E-state index contributed by atoms with van der Waals surface area (Å²) in [6, 6.07) is 0.550. The molecule has 0 bridgehead atoms. The molecule has 1 saturated heterocycles. The van der Waals surface area contributed by atoms with Crippen molar-refractivity contribution in [2.24, 2.45) is 11.8 Å². The van der Waals surface area contributed by atoms with Gasteiger partial charge >= 0.3 is 0 Å². The number of rotatable bonds is 4. The third-order valence-electron chi connectivity index (χ3n) is 4.07. The Hall–Kier alpha value is -0.830. The Balaban J connectivity index is 1.70. The normalized spacial score (nSPS) is 27.2. The molecule has 0 amide bonds. The smallest absolute Gasteiger partial charge is 0.0948 e. The lowest BCUT2D eigenvalue weighted by molar-refractivity contribution is 0.413. The van der Waals surface area contributed by atoms with Crippen molar-refractivity contribution in [1.29, 1.82) is 0 Å². The number of nitrogens with zero attached hydrogens (tertiary/aromatic N) is 2. The minimum absolute atomic E-state index is 0.550. The van der Waals surface area contributed by atoms with Crippen molar-refractivity contribution >= 4 is 0 Å². The van der Waals surface area contributed by atoms with Gasteiger partial charge < -0.3 is 9.88 Å². The van der Waals surface area contributed by atoms with E-state index >= 15 is 0 Å². The zero-order valence-corrected chi connectivity index (χ0v) is 10.0. The van der Waals surface area contributed by atoms with Crippen LogP contribution in [0.25, 0.3) is 0 Å². The number of hydrogen-bond acceptors (Lipinski definition) is 2. The first-order chi connectivity index (χ1) is 7.84. The average Bonchev–Trinajstić information content (AvgIpc) is 2.81. The van der Waals surface area contributed by atoms with Gasteiger partial charge in [-0.05, 0) is 44.1 Å². The predicted octanol–water partition coefficient (Wildman–Crippen LogP) is 2.35. The molecule has 2 aliphatic rings. The van der Waals surface area contributed by atoms with Crippen LogP contribution in [0.1, 0.15) is 44.3 Å². The average molecular weight is 219 g/mol. The van der Waals surface area contributed by atoms with Crippen molar-refractivity contribution in [3.8, 4) is 0 Å². The van der Waals surface area contributed by atoms with Gasteiger partial charge in [0.1, 0.15) is 0 Å². The molecule has 0 aromatic carbocycles. The Morgan fingerprint density at radius 1 is 1.50 bits per heavy atom. The van der Waals surface area contributed by atoms with Crippen molar-refractivity contribution in [2.45, 2.75) is 45.2 Å². The highest BCUT2D eigenvalue weighted by Crippen LogP contribution is 2.37. The van der Waals surface area contributed by atoms with Crippen LogP contribution >= 0.6 is 0 Å². The molecule has 1 unspecified atom stereocenters. The van der Waals surface area contributed by atoms with Gasteiger partial charge in [-0.15, -0.1) is 0 Å². The van der Waals surface area contributed by atoms with E-state index in [1.807, 2.05) is 12.5 Å². The predicted molar refractivity (Wildman–Crippen MR) is 64.1 cm³/mol. The van der Waals surface area contributed by atoms with Gasteiger partial charge in [0.05, 0.1) is 12.0 Å². The SMILES string of the molecule is CC(Cn1cncc1[C@@H]1CCCN1)C1CC1. The van der Waals surface area contributed by atoms with Crippen molar-refractivity contribution in [1.82, 2.24) is 14.9 Å². The van der Waals surface area contributed by atoms with Gasteiger partial charge in [0.25, 0.3) is 0 Å². The van der Waals surface area contributed by atoms with Gasteiger partial charge in [-0.25, -0.2) is 4.98 Å². The molecule has 88 valence electrons. The zero-order valence-electron chi connectivity index (χ0n) is 10.0. The van der Waals surface area contributed by atoms with Crippen LogP contribution in [-0.4, -0.2) is 16.1 Å². The Morgan fingerprint density at radius 2 is 2.38 bits per heavy atom. The van der Waals surface area contributed by atoms with Crippen LogP contribution in [0.3, 0.4) is 0 Å². The lowest BCUT2D eigenvalue weighted by Crippen LogP contribution is -2.19. The molecular weight excluding hydrogens is 198 g/mol. The summed E-state index contributed by atoms with van der Waals surface area (Å²) in [7, 11) is 0. The monoisotopic (exact) mass is 219 g/mol. The number of nitrogens with one attached hydrogen (secondary N) is 1. The molecule has 2 heterocycles. The van der Waals surface area contributed by atoms with Gasteiger partial charge in [-0.1, -0.05) is 6.92 Å². The highest BCUT2D eigenvalue weighted by molar-refractivity contribution is 5.07. The zero-order chi connectivity index (χ0) is 11.0. The molecule has 1 aromatic rings. The van der Waals surface area contributed by atoms with Gasteiger partial charge in [0.2, 0.25) is 0 Å². The van der Waals surface area contributed by atoms with Crippen molar-refractivity contribution in [3.05, 3.63) is 18.2 Å². The fourth-order valence-corrected chi connectivity index (χ4v) is 2.84. The fraction of sp³-hybridized carbons (Fsp3) is 0.769. The van der Waals surface area contributed by atoms with Gasteiger partial charge in [-0.2, -0.15) is 0 Å². The minimum atomic E-state index is 0.550. The maximum atomic E-state index is 4.32. The van der Waals surface area contributed by atoms with E-state index in [1.165, 1.54) is 31.4 Å². The molecule has 3 rings (SSSR count). The summed E-state index contributed by atoms with van der Waals surface area (Å²) in [4.78, 5) is 4.32. The van der Waals surface area contributed by atoms with Crippen LogP contribution < -0.4 is 5.32 Å². The lowest BCUT2D eigenvalue weighted by Gasteiger charge is -2.17. The second-order valence-electron chi connectivity index (χ2n) is 5.43. The molecule has 0 radical (unpaired) electrons. The van der Waals surface area contributed by atoms with Crippen LogP contribution in [0.4, 0.5) is 0 Å². The molecule has 3 nitrogen and oxygen atoms in total. The van der Waals surface area contributed by atoms with E-state index in [1.54, 1.807) is 0 Å². The summed E-state index contributed by atoms with van der Waals surface area (Å²) >= 11 is 0. The van der Waals surface area contributed by atoms with E-state index in [0.29, 0.717) is 6.04 Å². The van der Waals surface area contributed by atoms with E-state index in [4.69, 9.17) is 0 Å². The van der Waals surface area contributed by atoms with Crippen LogP contribution in [-0.2, 0) is 6.54 Å². The summed E-state index contributed by atoms with van der Waals surface area (Å²) in [6.45, 7) is 4.69. The van der Waals surface area contributed by atoms with Crippen molar-refractivity contribution < 1.29 is 0 Å². The van der Waals surface area contributed by atoms with Crippen molar-refractivity contribution in [2.75, 3.05) is 6.54 Å².